The first-order valence-corrected chi connectivity index (χ1v) is 8.31. The molecule has 144 valence electrons. The highest BCUT2D eigenvalue weighted by Gasteiger charge is 2.18. The van der Waals surface area contributed by atoms with Crippen molar-refractivity contribution >= 4 is 11.9 Å². The van der Waals surface area contributed by atoms with E-state index >= 15 is 0 Å². The summed E-state index contributed by atoms with van der Waals surface area (Å²) < 4.78 is 27.1. The zero-order valence-corrected chi connectivity index (χ0v) is 14.4. The number of rotatable bonds is 4. The number of fused-ring (bicyclic) bond motifs is 1. The van der Waals surface area contributed by atoms with E-state index in [1.807, 2.05) is 12.1 Å². The normalized spacial score (nSPS) is 15.3. The Bertz CT molecular complexity index is 782. The van der Waals surface area contributed by atoms with Crippen LogP contribution in [-0.4, -0.2) is 35.2 Å². The van der Waals surface area contributed by atoms with Crippen LogP contribution in [0.25, 0.3) is 0 Å². The number of aliphatic carboxylic acids is 2. The van der Waals surface area contributed by atoms with Crippen LogP contribution in [-0.2, 0) is 22.6 Å². The summed E-state index contributed by atoms with van der Waals surface area (Å²) in [6.45, 7) is 1.76. The summed E-state index contributed by atoms with van der Waals surface area (Å²) in [5, 5.41) is 21.4. The maximum atomic E-state index is 13.6. The molecule has 3 rings (SSSR count). The third-order valence-corrected chi connectivity index (χ3v) is 4.11. The highest BCUT2D eigenvalue weighted by molar-refractivity contribution is 6.27. The van der Waals surface area contributed by atoms with Crippen molar-refractivity contribution in [2.45, 2.75) is 19.0 Å². The van der Waals surface area contributed by atoms with Crippen molar-refractivity contribution in [1.29, 1.82) is 0 Å². The van der Waals surface area contributed by atoms with E-state index in [0.29, 0.717) is 6.54 Å². The van der Waals surface area contributed by atoms with Gasteiger partial charge in [0.2, 0.25) is 0 Å². The lowest BCUT2D eigenvalue weighted by atomic mass is 9.94. The Kier molecular flexibility index (Phi) is 7.39. The SMILES string of the molecule is Fc1cccc(F)c1CNCC1NCCc2ccccc21.O=C(O)C(=O)O. The molecule has 27 heavy (non-hydrogen) atoms. The van der Waals surface area contributed by atoms with E-state index in [2.05, 4.69) is 22.8 Å². The summed E-state index contributed by atoms with van der Waals surface area (Å²) in [7, 11) is 0. The average Bonchev–Trinajstić information content (AvgIpc) is 2.64. The van der Waals surface area contributed by atoms with Crippen molar-refractivity contribution in [3.63, 3.8) is 0 Å². The molecule has 1 heterocycles. The fourth-order valence-corrected chi connectivity index (χ4v) is 2.82. The van der Waals surface area contributed by atoms with Crippen LogP contribution in [0, 0.1) is 11.6 Å². The summed E-state index contributed by atoms with van der Waals surface area (Å²) in [6.07, 6.45) is 1.02. The van der Waals surface area contributed by atoms with Gasteiger partial charge >= 0.3 is 11.9 Å². The molecule has 6 nitrogen and oxygen atoms in total. The summed E-state index contributed by atoms with van der Waals surface area (Å²) >= 11 is 0. The van der Waals surface area contributed by atoms with E-state index in [0.717, 1.165) is 13.0 Å². The van der Waals surface area contributed by atoms with Gasteiger partial charge in [-0.25, -0.2) is 18.4 Å². The van der Waals surface area contributed by atoms with Gasteiger partial charge in [0, 0.05) is 24.7 Å². The average molecular weight is 378 g/mol. The molecule has 0 saturated heterocycles. The standard InChI is InChI=1S/C17H18F2N2.C2H2O4/c18-15-6-3-7-16(19)14(15)10-20-11-17-13-5-2-1-4-12(13)8-9-21-17;3-1(4)2(5)6/h1-7,17,20-21H,8-11H2;(H,3,4)(H,5,6). The van der Waals surface area contributed by atoms with Crippen LogP contribution < -0.4 is 10.6 Å². The summed E-state index contributed by atoms with van der Waals surface area (Å²) in [4.78, 5) is 18.2. The van der Waals surface area contributed by atoms with Gasteiger partial charge in [0.15, 0.2) is 0 Å². The van der Waals surface area contributed by atoms with E-state index in [4.69, 9.17) is 19.8 Å². The van der Waals surface area contributed by atoms with Crippen molar-refractivity contribution in [1.82, 2.24) is 10.6 Å². The number of hydrogen-bond acceptors (Lipinski definition) is 4. The molecule has 1 aliphatic heterocycles. The molecule has 1 aliphatic rings. The van der Waals surface area contributed by atoms with Gasteiger partial charge < -0.3 is 20.8 Å². The van der Waals surface area contributed by atoms with Crippen molar-refractivity contribution < 1.29 is 28.6 Å². The molecule has 1 atom stereocenters. The molecular formula is C19H20F2N2O4. The highest BCUT2D eigenvalue weighted by Crippen LogP contribution is 2.22. The van der Waals surface area contributed by atoms with Gasteiger partial charge in [0.1, 0.15) is 11.6 Å². The quantitative estimate of drug-likeness (QED) is 0.608. The monoisotopic (exact) mass is 378 g/mol. The van der Waals surface area contributed by atoms with Crippen LogP contribution in [0.3, 0.4) is 0 Å². The second kappa shape index (κ2) is 9.75. The molecule has 2 aromatic carbocycles. The molecule has 0 amide bonds. The number of carbonyl (C=O) groups is 2. The Morgan fingerprint density at radius 3 is 2.30 bits per heavy atom. The van der Waals surface area contributed by atoms with Crippen molar-refractivity contribution in [2.24, 2.45) is 0 Å². The lowest BCUT2D eigenvalue weighted by Crippen LogP contribution is -2.36. The minimum Gasteiger partial charge on any atom is -0.473 e. The first-order chi connectivity index (χ1) is 12.9. The van der Waals surface area contributed by atoms with Crippen LogP contribution in [0.1, 0.15) is 22.7 Å². The van der Waals surface area contributed by atoms with E-state index in [1.165, 1.54) is 29.3 Å². The Balaban J connectivity index is 0.000000380. The zero-order chi connectivity index (χ0) is 19.8. The van der Waals surface area contributed by atoms with Gasteiger partial charge in [-0.05, 0) is 36.2 Å². The van der Waals surface area contributed by atoms with Crippen LogP contribution in [0.15, 0.2) is 42.5 Å². The summed E-state index contributed by atoms with van der Waals surface area (Å²) in [6, 6.07) is 12.5. The fourth-order valence-electron chi connectivity index (χ4n) is 2.82. The van der Waals surface area contributed by atoms with Gasteiger partial charge in [0.25, 0.3) is 0 Å². The van der Waals surface area contributed by atoms with E-state index in [-0.39, 0.29) is 18.2 Å². The zero-order valence-electron chi connectivity index (χ0n) is 14.4. The van der Waals surface area contributed by atoms with Gasteiger partial charge in [0.05, 0.1) is 0 Å². The molecule has 4 N–H and O–H groups in total. The maximum Gasteiger partial charge on any atom is 0.414 e. The molecule has 0 aromatic heterocycles. The van der Waals surface area contributed by atoms with Crippen LogP contribution in [0.4, 0.5) is 8.78 Å². The Morgan fingerprint density at radius 1 is 1.04 bits per heavy atom. The maximum absolute atomic E-state index is 13.6. The smallest absolute Gasteiger partial charge is 0.414 e. The van der Waals surface area contributed by atoms with Crippen LogP contribution in [0.5, 0.6) is 0 Å². The third-order valence-electron chi connectivity index (χ3n) is 4.11. The molecule has 8 heteroatoms. The number of halogens is 2. The topological polar surface area (TPSA) is 98.7 Å². The van der Waals surface area contributed by atoms with Crippen molar-refractivity contribution in [3.8, 4) is 0 Å². The minimum atomic E-state index is -1.82. The number of nitrogens with one attached hydrogen (secondary N) is 2. The minimum absolute atomic E-state index is 0.0987. The highest BCUT2D eigenvalue weighted by atomic mass is 19.1. The molecule has 0 radical (unpaired) electrons. The van der Waals surface area contributed by atoms with E-state index in [1.54, 1.807) is 0 Å². The predicted molar refractivity (Wildman–Crippen MR) is 94.2 cm³/mol. The second-order valence-corrected chi connectivity index (χ2v) is 5.90. The molecule has 2 aromatic rings. The number of hydrogen-bond donors (Lipinski definition) is 4. The molecule has 0 fully saturated rings. The molecule has 0 aliphatic carbocycles. The van der Waals surface area contributed by atoms with E-state index in [9.17, 15) is 8.78 Å². The van der Waals surface area contributed by atoms with Gasteiger partial charge in [-0.3, -0.25) is 0 Å². The third kappa shape index (κ3) is 5.83. The number of carboxylic acid groups (broad SMARTS) is 2. The summed E-state index contributed by atoms with van der Waals surface area (Å²) in [5.41, 5.74) is 2.71. The fraction of sp³-hybridized carbons (Fsp3) is 0.263. The lowest BCUT2D eigenvalue weighted by Gasteiger charge is -2.27. The molecule has 0 bridgehead atoms. The van der Waals surface area contributed by atoms with Crippen LogP contribution in [0.2, 0.25) is 0 Å². The molecule has 0 saturated carbocycles. The van der Waals surface area contributed by atoms with Gasteiger partial charge in [-0.15, -0.1) is 0 Å². The second-order valence-electron chi connectivity index (χ2n) is 5.90. The molecular weight excluding hydrogens is 358 g/mol. The lowest BCUT2D eigenvalue weighted by molar-refractivity contribution is -0.159. The first kappa shape index (κ1) is 20.5. The Morgan fingerprint density at radius 2 is 1.67 bits per heavy atom. The molecule has 0 spiro atoms. The number of carboxylic acids is 2. The largest absolute Gasteiger partial charge is 0.473 e. The predicted octanol–water partition coefficient (Wildman–Crippen LogP) is 2.10. The van der Waals surface area contributed by atoms with Gasteiger partial charge in [-0.2, -0.15) is 0 Å². The van der Waals surface area contributed by atoms with Crippen molar-refractivity contribution in [3.05, 3.63) is 70.8 Å². The van der Waals surface area contributed by atoms with Crippen molar-refractivity contribution in [2.75, 3.05) is 13.1 Å². The number of benzene rings is 2. The first-order valence-electron chi connectivity index (χ1n) is 8.31. The Hall–Kier alpha value is -2.84. The van der Waals surface area contributed by atoms with Crippen LogP contribution >= 0.6 is 0 Å². The Labute approximate surface area is 154 Å². The van der Waals surface area contributed by atoms with E-state index < -0.39 is 23.6 Å². The molecule has 1 unspecified atom stereocenters. The summed E-state index contributed by atoms with van der Waals surface area (Å²) in [5.74, 6) is -4.65. The van der Waals surface area contributed by atoms with Gasteiger partial charge in [-0.1, -0.05) is 30.3 Å².